The molecule has 4 rings (SSSR count). The monoisotopic (exact) mass is 430 g/mol. The number of carbonyl (C=O) groups is 2. The largest absolute Gasteiger partial charge is 0.494 e. The van der Waals surface area contributed by atoms with Crippen LogP contribution in [0.2, 0.25) is 0 Å². The molecule has 3 aromatic rings. The minimum Gasteiger partial charge on any atom is -0.494 e. The Labute approximate surface area is 187 Å². The van der Waals surface area contributed by atoms with Gasteiger partial charge in [0.1, 0.15) is 17.1 Å². The molecule has 0 unspecified atom stereocenters. The van der Waals surface area contributed by atoms with Gasteiger partial charge in [0, 0.05) is 24.4 Å². The SMILES string of the molecule is CCOc1ccc(-c2nn(-c3ccccc3)cc2/C=C2\C(=O)NC(=O)N2C)cc1C(C)C. The molecule has 1 fully saturated rings. The van der Waals surface area contributed by atoms with E-state index in [0.29, 0.717) is 12.3 Å². The van der Waals surface area contributed by atoms with Gasteiger partial charge in [-0.15, -0.1) is 0 Å². The summed E-state index contributed by atoms with van der Waals surface area (Å²) in [4.78, 5) is 25.5. The van der Waals surface area contributed by atoms with Gasteiger partial charge in [-0.25, -0.2) is 9.48 Å². The maximum absolute atomic E-state index is 12.3. The number of rotatable bonds is 6. The second-order valence-electron chi connectivity index (χ2n) is 7.90. The number of para-hydroxylation sites is 1. The molecule has 0 radical (unpaired) electrons. The molecule has 2 heterocycles. The van der Waals surface area contributed by atoms with Gasteiger partial charge in [0.25, 0.3) is 5.91 Å². The van der Waals surface area contributed by atoms with Gasteiger partial charge in [-0.3, -0.25) is 15.0 Å². The molecule has 1 aliphatic rings. The van der Waals surface area contributed by atoms with Crippen LogP contribution in [0.5, 0.6) is 5.75 Å². The molecule has 1 N–H and O–H groups in total. The van der Waals surface area contributed by atoms with Crippen molar-refractivity contribution in [2.24, 2.45) is 0 Å². The molecule has 2 aromatic carbocycles. The summed E-state index contributed by atoms with van der Waals surface area (Å²) in [6, 6.07) is 15.3. The number of benzene rings is 2. The molecular formula is C25H26N4O3. The smallest absolute Gasteiger partial charge is 0.328 e. The number of imide groups is 1. The zero-order valence-electron chi connectivity index (χ0n) is 18.6. The maximum atomic E-state index is 12.3. The number of carbonyl (C=O) groups excluding carboxylic acids is 2. The van der Waals surface area contributed by atoms with Gasteiger partial charge in [-0.2, -0.15) is 5.10 Å². The first-order valence-electron chi connectivity index (χ1n) is 10.6. The number of aromatic nitrogens is 2. The minimum atomic E-state index is -0.443. The summed E-state index contributed by atoms with van der Waals surface area (Å²) in [6.07, 6.45) is 3.57. The highest BCUT2D eigenvalue weighted by atomic mass is 16.5. The molecule has 0 aliphatic carbocycles. The van der Waals surface area contributed by atoms with Crippen LogP contribution >= 0.6 is 0 Å². The van der Waals surface area contributed by atoms with Crippen LogP contribution in [-0.4, -0.2) is 40.3 Å². The Bertz CT molecular complexity index is 1200. The molecule has 7 nitrogen and oxygen atoms in total. The van der Waals surface area contributed by atoms with Crippen LogP contribution in [0.15, 0.2) is 60.4 Å². The summed E-state index contributed by atoms with van der Waals surface area (Å²) in [6.45, 7) is 6.80. The van der Waals surface area contributed by atoms with Crippen molar-refractivity contribution in [3.63, 3.8) is 0 Å². The number of nitrogens with zero attached hydrogens (tertiary/aromatic N) is 3. The highest BCUT2D eigenvalue weighted by molar-refractivity contribution is 6.14. The molecule has 1 saturated heterocycles. The molecule has 0 bridgehead atoms. The average Bonchev–Trinajstić information content (AvgIpc) is 3.31. The van der Waals surface area contributed by atoms with E-state index in [1.165, 1.54) is 4.90 Å². The highest BCUT2D eigenvalue weighted by Crippen LogP contribution is 2.34. The lowest BCUT2D eigenvalue weighted by molar-refractivity contribution is -0.115. The van der Waals surface area contributed by atoms with E-state index in [4.69, 9.17) is 9.84 Å². The molecule has 1 aromatic heterocycles. The first-order chi connectivity index (χ1) is 15.4. The molecule has 3 amide bonds. The van der Waals surface area contributed by atoms with E-state index in [1.807, 2.05) is 55.6 Å². The third-order valence-electron chi connectivity index (χ3n) is 5.38. The maximum Gasteiger partial charge on any atom is 0.328 e. The van der Waals surface area contributed by atoms with E-state index < -0.39 is 11.9 Å². The number of urea groups is 1. The van der Waals surface area contributed by atoms with Crippen molar-refractivity contribution < 1.29 is 14.3 Å². The standard InChI is InChI=1S/C25H26N4O3/c1-5-32-22-12-11-17(13-20(22)16(2)3)23-18(14-21-24(30)26-25(31)28(21)4)15-29(27-23)19-9-7-6-8-10-19/h6-16H,5H2,1-4H3,(H,26,30,31)/b21-14+. The van der Waals surface area contributed by atoms with Crippen LogP contribution in [0, 0.1) is 0 Å². The Kier molecular flexibility index (Phi) is 5.81. The van der Waals surface area contributed by atoms with Gasteiger partial charge in [-0.1, -0.05) is 32.0 Å². The second kappa shape index (κ2) is 8.70. The van der Waals surface area contributed by atoms with E-state index >= 15 is 0 Å². The van der Waals surface area contributed by atoms with Crippen LogP contribution in [0.25, 0.3) is 23.0 Å². The predicted molar refractivity (Wildman–Crippen MR) is 124 cm³/mol. The highest BCUT2D eigenvalue weighted by Gasteiger charge is 2.30. The summed E-state index contributed by atoms with van der Waals surface area (Å²) in [5.74, 6) is 0.693. The van der Waals surface area contributed by atoms with Crippen molar-refractivity contribution in [3.05, 3.63) is 71.6 Å². The number of ether oxygens (including phenoxy) is 1. The zero-order chi connectivity index (χ0) is 22.8. The van der Waals surface area contributed by atoms with E-state index in [0.717, 1.165) is 28.1 Å². The minimum absolute atomic E-state index is 0.263. The lowest BCUT2D eigenvalue weighted by Crippen LogP contribution is -2.24. The van der Waals surface area contributed by atoms with Crippen molar-refractivity contribution in [2.75, 3.05) is 13.7 Å². The summed E-state index contributed by atoms with van der Waals surface area (Å²) >= 11 is 0. The van der Waals surface area contributed by atoms with E-state index in [9.17, 15) is 9.59 Å². The van der Waals surface area contributed by atoms with Gasteiger partial charge in [-0.05, 0) is 54.8 Å². The molecule has 32 heavy (non-hydrogen) atoms. The third-order valence-corrected chi connectivity index (χ3v) is 5.38. The molecule has 164 valence electrons. The van der Waals surface area contributed by atoms with Crippen LogP contribution in [0.1, 0.15) is 37.8 Å². The summed E-state index contributed by atoms with van der Waals surface area (Å²) in [7, 11) is 1.57. The number of hydrogen-bond donors (Lipinski definition) is 1. The number of nitrogens with one attached hydrogen (secondary N) is 1. The number of amides is 3. The van der Waals surface area contributed by atoms with Crippen molar-refractivity contribution in [1.82, 2.24) is 20.0 Å². The van der Waals surface area contributed by atoms with Gasteiger partial charge >= 0.3 is 6.03 Å². The van der Waals surface area contributed by atoms with E-state index in [-0.39, 0.29) is 11.6 Å². The number of hydrogen-bond acceptors (Lipinski definition) is 4. The van der Waals surface area contributed by atoms with E-state index in [1.54, 1.807) is 17.8 Å². The fourth-order valence-corrected chi connectivity index (χ4v) is 3.68. The van der Waals surface area contributed by atoms with Crippen molar-refractivity contribution in [3.8, 4) is 22.7 Å². The first-order valence-corrected chi connectivity index (χ1v) is 10.6. The molecule has 7 heteroatoms. The third kappa shape index (κ3) is 4.01. The summed E-state index contributed by atoms with van der Waals surface area (Å²) in [5, 5.41) is 7.15. The van der Waals surface area contributed by atoms with Gasteiger partial charge in [0.05, 0.1) is 12.3 Å². The normalized spacial score (nSPS) is 15.0. The summed E-state index contributed by atoms with van der Waals surface area (Å²) < 4.78 is 7.59. The lowest BCUT2D eigenvalue weighted by atomic mass is 9.97. The molecule has 0 atom stereocenters. The second-order valence-corrected chi connectivity index (χ2v) is 7.90. The number of likely N-dealkylation sites (N-methyl/N-ethyl adjacent to an activating group) is 1. The Morgan fingerprint density at radius 2 is 1.88 bits per heavy atom. The lowest BCUT2D eigenvalue weighted by Gasteiger charge is -2.14. The molecule has 0 spiro atoms. The van der Waals surface area contributed by atoms with Gasteiger partial charge in [0.15, 0.2) is 0 Å². The molecule has 0 saturated carbocycles. The predicted octanol–water partition coefficient (Wildman–Crippen LogP) is 4.58. The van der Waals surface area contributed by atoms with Crippen LogP contribution in [0.3, 0.4) is 0 Å². The topological polar surface area (TPSA) is 76.5 Å². The van der Waals surface area contributed by atoms with Gasteiger partial charge in [0.2, 0.25) is 0 Å². The fourth-order valence-electron chi connectivity index (χ4n) is 3.68. The summed E-state index contributed by atoms with van der Waals surface area (Å²) in [5.41, 5.74) is 4.62. The quantitative estimate of drug-likeness (QED) is 0.459. The van der Waals surface area contributed by atoms with Gasteiger partial charge < -0.3 is 4.74 Å². The van der Waals surface area contributed by atoms with Crippen molar-refractivity contribution >= 4 is 18.0 Å². The van der Waals surface area contributed by atoms with Crippen molar-refractivity contribution in [1.29, 1.82) is 0 Å². The van der Waals surface area contributed by atoms with Crippen molar-refractivity contribution in [2.45, 2.75) is 26.7 Å². The van der Waals surface area contributed by atoms with Crippen LogP contribution < -0.4 is 10.1 Å². The Balaban J connectivity index is 1.88. The molecular weight excluding hydrogens is 404 g/mol. The Morgan fingerprint density at radius 3 is 2.50 bits per heavy atom. The zero-order valence-corrected chi connectivity index (χ0v) is 18.6. The Hall–Kier alpha value is -3.87. The van der Waals surface area contributed by atoms with Crippen LogP contribution in [-0.2, 0) is 4.79 Å². The Morgan fingerprint density at radius 1 is 1.12 bits per heavy atom. The first kappa shape index (κ1) is 21.4. The van der Waals surface area contributed by atoms with Crippen LogP contribution in [0.4, 0.5) is 4.79 Å². The average molecular weight is 431 g/mol. The molecule has 1 aliphatic heterocycles. The van der Waals surface area contributed by atoms with E-state index in [2.05, 4.69) is 25.2 Å². The fraction of sp³-hybridized carbons (Fsp3) is 0.240.